The minimum absolute atomic E-state index is 0.0127. The molecule has 0 amide bonds. The van der Waals surface area contributed by atoms with E-state index in [0.717, 1.165) is 5.56 Å². The lowest BCUT2D eigenvalue weighted by Gasteiger charge is -2.27. The molecule has 0 saturated carbocycles. The lowest BCUT2D eigenvalue weighted by Crippen LogP contribution is -2.43. The van der Waals surface area contributed by atoms with E-state index in [2.05, 4.69) is 10.0 Å². The number of aryl methyl sites for hydroxylation is 1. The molecular weight excluding hydrogens is 390 g/mol. The Morgan fingerprint density at radius 3 is 2.57 bits per heavy atom. The predicted octanol–water partition coefficient (Wildman–Crippen LogP) is 2.27. The second-order valence-corrected chi connectivity index (χ2v) is 8.71. The summed E-state index contributed by atoms with van der Waals surface area (Å²) in [7, 11) is -2.56. The van der Waals surface area contributed by atoms with Crippen molar-refractivity contribution < 1.29 is 31.5 Å². The van der Waals surface area contributed by atoms with Crippen molar-refractivity contribution in [3.05, 3.63) is 40.3 Å². The lowest BCUT2D eigenvalue weighted by atomic mass is 10.0. The summed E-state index contributed by atoms with van der Waals surface area (Å²) in [5.41, 5.74) is 9.83. The first kappa shape index (κ1) is 21.0. The Morgan fingerprint density at radius 1 is 1.29 bits per heavy atom. The van der Waals surface area contributed by atoms with E-state index >= 15 is 0 Å². The van der Waals surface area contributed by atoms with Gasteiger partial charge in [-0.1, -0.05) is 22.8 Å². The minimum atomic E-state index is -4.02. The van der Waals surface area contributed by atoms with Gasteiger partial charge in [0.1, 0.15) is 18.3 Å². The average molecular weight is 413 g/mol. The van der Waals surface area contributed by atoms with Crippen LogP contribution in [-0.2, 0) is 33.2 Å². The summed E-state index contributed by atoms with van der Waals surface area (Å²) in [6, 6.07) is 5.27. The molecule has 0 unspecified atom stereocenters. The summed E-state index contributed by atoms with van der Waals surface area (Å²) < 4.78 is 52.7. The molecule has 2 aliphatic rings. The lowest BCUT2D eigenvalue weighted by molar-refractivity contribution is -0.219. The smallest absolute Gasteiger partial charge is 0.296 e. The van der Waals surface area contributed by atoms with Gasteiger partial charge in [-0.15, -0.1) is 0 Å². The highest BCUT2D eigenvalue weighted by Gasteiger charge is 2.56. The first-order valence-electron chi connectivity index (χ1n) is 8.71. The Labute approximate surface area is 163 Å². The van der Waals surface area contributed by atoms with E-state index in [9.17, 15) is 8.42 Å². The van der Waals surface area contributed by atoms with Crippen LogP contribution >= 0.6 is 0 Å². The number of fused-ring (bicyclic) bond motifs is 1. The molecule has 3 rings (SSSR count). The minimum Gasteiger partial charge on any atom is -0.376 e. The average Bonchev–Trinajstić information content (AvgIpc) is 3.10. The number of nitrogens with zero attached hydrogens (tertiary/aromatic N) is 3. The number of ether oxygens (including phenoxy) is 4. The summed E-state index contributed by atoms with van der Waals surface area (Å²) in [4.78, 5) is 2.80. The highest BCUT2D eigenvalue weighted by molar-refractivity contribution is 7.86. The quantitative estimate of drug-likeness (QED) is 0.290. The van der Waals surface area contributed by atoms with Crippen molar-refractivity contribution in [1.82, 2.24) is 0 Å². The van der Waals surface area contributed by atoms with Crippen LogP contribution in [0, 0.1) is 6.92 Å². The first-order valence-corrected chi connectivity index (χ1v) is 10.1. The van der Waals surface area contributed by atoms with E-state index in [1.807, 2.05) is 6.92 Å². The molecular formula is C17H23N3O7S. The number of hydrogen-bond donors (Lipinski definition) is 0. The number of hydrogen-bond acceptors (Lipinski definition) is 8. The van der Waals surface area contributed by atoms with E-state index in [1.54, 1.807) is 26.0 Å². The summed E-state index contributed by atoms with van der Waals surface area (Å²) >= 11 is 0. The second kappa shape index (κ2) is 7.96. The van der Waals surface area contributed by atoms with Crippen molar-refractivity contribution in [2.24, 2.45) is 5.11 Å². The van der Waals surface area contributed by atoms with Gasteiger partial charge in [-0.05, 0) is 38.4 Å². The molecule has 0 radical (unpaired) electrons. The molecule has 28 heavy (non-hydrogen) atoms. The van der Waals surface area contributed by atoms with Crippen LogP contribution in [0.4, 0.5) is 0 Å². The van der Waals surface area contributed by atoms with Crippen molar-refractivity contribution in [2.75, 3.05) is 13.7 Å². The SMILES string of the molecule is CO[C@@H]1[C@H]2OC(C)(C)O[C@H]2O[C@@H]1[C@H](COS(=O)(=O)c1ccc(C)cc1)N=[N+]=[N-]. The van der Waals surface area contributed by atoms with E-state index in [0.29, 0.717) is 0 Å². The van der Waals surface area contributed by atoms with Gasteiger partial charge in [0.25, 0.3) is 10.1 Å². The Morgan fingerprint density at radius 2 is 1.96 bits per heavy atom. The maximum atomic E-state index is 12.4. The van der Waals surface area contributed by atoms with Gasteiger partial charge in [-0.25, -0.2) is 0 Å². The maximum Gasteiger partial charge on any atom is 0.296 e. The monoisotopic (exact) mass is 413 g/mol. The van der Waals surface area contributed by atoms with Gasteiger partial charge in [-0.3, -0.25) is 4.18 Å². The highest BCUT2D eigenvalue weighted by Crippen LogP contribution is 2.40. The molecule has 2 heterocycles. The van der Waals surface area contributed by atoms with Gasteiger partial charge in [0.05, 0.1) is 17.5 Å². The van der Waals surface area contributed by atoms with Gasteiger partial charge < -0.3 is 18.9 Å². The summed E-state index contributed by atoms with van der Waals surface area (Å²) in [5.74, 6) is -0.837. The van der Waals surface area contributed by atoms with Crippen LogP contribution in [-0.4, -0.2) is 58.6 Å². The molecule has 2 fully saturated rings. The molecule has 0 aliphatic carbocycles. The zero-order chi connectivity index (χ0) is 20.5. The van der Waals surface area contributed by atoms with Crippen LogP contribution in [0.25, 0.3) is 10.4 Å². The van der Waals surface area contributed by atoms with Crippen LogP contribution in [0.1, 0.15) is 19.4 Å². The number of benzene rings is 1. The van der Waals surface area contributed by atoms with Crippen LogP contribution in [0.3, 0.4) is 0 Å². The van der Waals surface area contributed by atoms with Crippen LogP contribution in [0.2, 0.25) is 0 Å². The number of azide groups is 1. The number of rotatable bonds is 7. The molecule has 10 nitrogen and oxygen atoms in total. The van der Waals surface area contributed by atoms with Crippen LogP contribution in [0.15, 0.2) is 34.3 Å². The Balaban J connectivity index is 1.73. The largest absolute Gasteiger partial charge is 0.376 e. The van der Waals surface area contributed by atoms with Gasteiger partial charge in [0.15, 0.2) is 12.1 Å². The molecule has 0 bridgehead atoms. The van der Waals surface area contributed by atoms with Crippen molar-refractivity contribution in [3.63, 3.8) is 0 Å². The van der Waals surface area contributed by atoms with Crippen LogP contribution < -0.4 is 0 Å². The van der Waals surface area contributed by atoms with Gasteiger partial charge in [-0.2, -0.15) is 8.42 Å². The van der Waals surface area contributed by atoms with Crippen molar-refractivity contribution in [3.8, 4) is 0 Å². The Bertz CT molecular complexity index is 852. The molecule has 5 atom stereocenters. The molecule has 2 saturated heterocycles. The van der Waals surface area contributed by atoms with Gasteiger partial charge >= 0.3 is 0 Å². The molecule has 2 aliphatic heterocycles. The fourth-order valence-electron chi connectivity index (χ4n) is 3.27. The third-order valence-corrected chi connectivity index (χ3v) is 5.88. The fraction of sp³-hybridized carbons (Fsp3) is 0.647. The fourth-order valence-corrected chi connectivity index (χ4v) is 4.20. The van der Waals surface area contributed by atoms with Crippen molar-refractivity contribution in [2.45, 2.75) is 62.1 Å². The molecule has 0 N–H and O–H groups in total. The third kappa shape index (κ3) is 4.31. The molecule has 1 aromatic carbocycles. The third-order valence-electron chi connectivity index (χ3n) is 4.58. The molecule has 0 aromatic heterocycles. The topological polar surface area (TPSA) is 129 Å². The van der Waals surface area contributed by atoms with Crippen molar-refractivity contribution in [1.29, 1.82) is 0 Å². The Kier molecular flexibility index (Phi) is 5.97. The summed E-state index contributed by atoms with van der Waals surface area (Å²) in [5, 5.41) is 3.65. The van der Waals surface area contributed by atoms with Crippen molar-refractivity contribution >= 4 is 10.1 Å². The molecule has 0 spiro atoms. The maximum absolute atomic E-state index is 12.4. The zero-order valence-corrected chi connectivity index (χ0v) is 16.8. The highest BCUT2D eigenvalue weighted by atomic mass is 32.2. The summed E-state index contributed by atoms with van der Waals surface area (Å²) in [6.07, 6.45) is -2.65. The normalized spacial score (nSPS) is 29.9. The van der Waals surface area contributed by atoms with Gasteiger partial charge in [0.2, 0.25) is 0 Å². The van der Waals surface area contributed by atoms with E-state index in [1.165, 1.54) is 19.2 Å². The first-order chi connectivity index (χ1) is 13.2. The summed E-state index contributed by atoms with van der Waals surface area (Å²) in [6.45, 7) is 4.93. The van der Waals surface area contributed by atoms with Gasteiger partial charge in [0, 0.05) is 12.0 Å². The molecule has 11 heteroatoms. The Hall–Kier alpha value is -1.72. The van der Waals surface area contributed by atoms with E-state index in [4.69, 9.17) is 28.7 Å². The second-order valence-electron chi connectivity index (χ2n) is 7.09. The van der Waals surface area contributed by atoms with Crippen LogP contribution in [0.5, 0.6) is 0 Å². The molecule has 154 valence electrons. The standard InChI is InChI=1S/C17H23N3O7S/c1-10-5-7-11(8-6-10)28(21,22)24-9-12(19-20-18)13-14(23-4)15-16(25-13)27-17(2,3)26-15/h5-8,12-16H,9H2,1-4H3/t12-,13+,14-,15+,16+/m0/s1. The van der Waals surface area contributed by atoms with E-state index in [-0.39, 0.29) is 4.90 Å². The number of methoxy groups -OCH3 is 1. The van der Waals surface area contributed by atoms with E-state index < -0.39 is 53.2 Å². The predicted molar refractivity (Wildman–Crippen MR) is 96.7 cm³/mol. The zero-order valence-electron chi connectivity index (χ0n) is 16.0. The molecule has 1 aromatic rings.